The zero-order valence-electron chi connectivity index (χ0n) is 15.1. The highest BCUT2D eigenvalue weighted by Gasteiger charge is 2.40. The fourth-order valence-corrected chi connectivity index (χ4v) is 4.25. The van der Waals surface area contributed by atoms with Gasteiger partial charge in [0.05, 0.1) is 17.8 Å². The first-order valence-electron chi connectivity index (χ1n) is 9.08. The average Bonchev–Trinajstić information content (AvgIpc) is 2.68. The Morgan fingerprint density at radius 2 is 1.78 bits per heavy atom. The third kappa shape index (κ3) is 3.15. The predicted octanol–water partition coefficient (Wildman–Crippen LogP) is 4.88. The number of para-hydroxylation sites is 1. The van der Waals surface area contributed by atoms with Gasteiger partial charge in [-0.05, 0) is 42.7 Å². The smallest absolute Gasteiger partial charge is 0.232 e. The summed E-state index contributed by atoms with van der Waals surface area (Å²) in [5.41, 5.74) is 3.17. The van der Waals surface area contributed by atoms with E-state index in [-0.39, 0.29) is 24.0 Å². The van der Waals surface area contributed by atoms with Gasteiger partial charge in [-0.15, -0.1) is 0 Å². The second-order valence-electron chi connectivity index (χ2n) is 6.85. The van der Waals surface area contributed by atoms with Crippen LogP contribution in [0.25, 0.3) is 0 Å². The molecule has 0 radical (unpaired) electrons. The molecule has 2 aromatic carbocycles. The lowest BCUT2D eigenvalue weighted by molar-refractivity contribution is -0.119. The van der Waals surface area contributed by atoms with Gasteiger partial charge in [-0.3, -0.25) is 14.5 Å². The molecule has 0 aromatic heterocycles. The lowest BCUT2D eigenvalue weighted by Gasteiger charge is -2.38. The van der Waals surface area contributed by atoms with Gasteiger partial charge in [0.25, 0.3) is 0 Å². The van der Waals surface area contributed by atoms with E-state index in [0.717, 1.165) is 29.0 Å². The van der Waals surface area contributed by atoms with E-state index >= 15 is 0 Å². The van der Waals surface area contributed by atoms with E-state index in [4.69, 9.17) is 16.3 Å². The largest absolute Gasteiger partial charge is 0.497 e. The lowest BCUT2D eigenvalue weighted by atomic mass is 9.77. The monoisotopic (exact) mass is 381 g/mol. The first-order chi connectivity index (χ1) is 13.1. The molecule has 0 saturated carbocycles. The number of Topliss-reactive ketones (excluding diaryl/α,β-unsaturated/α-hetero) is 1. The third-order valence-corrected chi connectivity index (χ3v) is 5.61. The summed E-state index contributed by atoms with van der Waals surface area (Å²) < 4.78 is 5.22. The number of ether oxygens (including phenoxy) is 1. The summed E-state index contributed by atoms with van der Waals surface area (Å²) in [7, 11) is 1.62. The number of amides is 1. The summed E-state index contributed by atoms with van der Waals surface area (Å²) in [6, 6.07) is 14.9. The molecular formula is C22H20ClNO3. The Labute approximate surface area is 163 Å². The number of methoxy groups -OCH3 is 1. The minimum Gasteiger partial charge on any atom is -0.497 e. The number of hydrogen-bond acceptors (Lipinski definition) is 3. The molecule has 2 aromatic rings. The molecule has 1 heterocycles. The van der Waals surface area contributed by atoms with E-state index in [1.807, 2.05) is 42.5 Å². The normalized spacial score (nSPS) is 19.9. The molecule has 1 amide bonds. The molecule has 0 bridgehead atoms. The predicted molar refractivity (Wildman–Crippen MR) is 105 cm³/mol. The summed E-state index contributed by atoms with van der Waals surface area (Å²) in [6.07, 6.45) is 2.23. The Morgan fingerprint density at radius 1 is 1.04 bits per heavy atom. The zero-order chi connectivity index (χ0) is 19.0. The molecule has 1 aliphatic carbocycles. The van der Waals surface area contributed by atoms with Gasteiger partial charge in [-0.2, -0.15) is 0 Å². The van der Waals surface area contributed by atoms with Crippen LogP contribution in [0.3, 0.4) is 0 Å². The van der Waals surface area contributed by atoms with Gasteiger partial charge in [-0.25, -0.2) is 0 Å². The highest BCUT2D eigenvalue weighted by atomic mass is 35.5. The van der Waals surface area contributed by atoms with Crippen molar-refractivity contribution in [2.75, 3.05) is 12.0 Å². The average molecular weight is 382 g/mol. The molecule has 138 valence electrons. The molecule has 1 unspecified atom stereocenters. The van der Waals surface area contributed by atoms with Crippen molar-refractivity contribution >= 4 is 29.0 Å². The molecule has 1 atom stereocenters. The van der Waals surface area contributed by atoms with Crippen molar-refractivity contribution in [2.45, 2.75) is 31.6 Å². The number of benzene rings is 2. The summed E-state index contributed by atoms with van der Waals surface area (Å²) >= 11 is 6.36. The maximum atomic E-state index is 13.1. The second-order valence-corrected chi connectivity index (χ2v) is 7.25. The Bertz CT molecular complexity index is 933. The number of hydrogen-bond donors (Lipinski definition) is 0. The summed E-state index contributed by atoms with van der Waals surface area (Å²) in [4.78, 5) is 27.6. The molecular weight excluding hydrogens is 362 g/mol. The van der Waals surface area contributed by atoms with Gasteiger partial charge < -0.3 is 4.74 Å². The van der Waals surface area contributed by atoms with Gasteiger partial charge >= 0.3 is 0 Å². The van der Waals surface area contributed by atoms with Crippen LogP contribution in [0.15, 0.2) is 59.8 Å². The molecule has 27 heavy (non-hydrogen) atoms. The molecule has 5 heteroatoms. The third-order valence-electron chi connectivity index (χ3n) is 5.29. The Hall–Kier alpha value is -2.59. The van der Waals surface area contributed by atoms with E-state index in [0.29, 0.717) is 23.6 Å². The summed E-state index contributed by atoms with van der Waals surface area (Å²) in [6.45, 7) is 0. The number of ketones is 1. The highest BCUT2D eigenvalue weighted by Crippen LogP contribution is 2.44. The molecule has 0 fully saturated rings. The SMILES string of the molecule is COc1ccc(C2CC(=O)N(c3ccccc3Cl)C3=C2C(=O)CCC3)cc1. The number of halogens is 1. The van der Waals surface area contributed by atoms with Crippen LogP contribution in [0.1, 0.15) is 37.2 Å². The first-order valence-corrected chi connectivity index (χ1v) is 9.45. The van der Waals surface area contributed by atoms with Crippen LogP contribution < -0.4 is 9.64 Å². The van der Waals surface area contributed by atoms with Crippen LogP contribution in [0, 0.1) is 0 Å². The van der Waals surface area contributed by atoms with Crippen molar-refractivity contribution < 1.29 is 14.3 Å². The van der Waals surface area contributed by atoms with Crippen molar-refractivity contribution in [3.8, 4) is 5.75 Å². The zero-order valence-corrected chi connectivity index (χ0v) is 15.8. The number of carbonyl (C=O) groups is 2. The molecule has 1 aliphatic heterocycles. The number of rotatable bonds is 3. The second kappa shape index (κ2) is 7.20. The maximum Gasteiger partial charge on any atom is 0.232 e. The van der Waals surface area contributed by atoms with Crippen LogP contribution in [0.2, 0.25) is 5.02 Å². The summed E-state index contributed by atoms with van der Waals surface area (Å²) in [5, 5.41) is 0.513. The van der Waals surface area contributed by atoms with Gasteiger partial charge in [0.15, 0.2) is 5.78 Å². The van der Waals surface area contributed by atoms with Gasteiger partial charge in [0.1, 0.15) is 5.75 Å². The van der Waals surface area contributed by atoms with Crippen LogP contribution in [-0.2, 0) is 9.59 Å². The molecule has 0 spiro atoms. The Kier molecular flexibility index (Phi) is 4.75. The standard InChI is InChI=1S/C22H20ClNO3/c1-27-15-11-9-14(10-12-15)16-13-21(26)24(18-6-3-2-5-17(18)23)19-7-4-8-20(25)22(16)19/h2-3,5-6,9-12,16H,4,7-8,13H2,1H3. The van der Waals surface area contributed by atoms with Crippen molar-refractivity contribution in [1.82, 2.24) is 0 Å². The topological polar surface area (TPSA) is 46.6 Å². The quantitative estimate of drug-likeness (QED) is 0.761. The number of nitrogens with zero attached hydrogens (tertiary/aromatic N) is 1. The number of allylic oxidation sites excluding steroid dienone is 2. The van der Waals surface area contributed by atoms with Gasteiger partial charge in [0, 0.05) is 30.0 Å². The molecule has 4 rings (SSSR count). The fourth-order valence-electron chi connectivity index (χ4n) is 4.03. The van der Waals surface area contributed by atoms with Crippen molar-refractivity contribution in [3.63, 3.8) is 0 Å². The Morgan fingerprint density at radius 3 is 2.48 bits per heavy atom. The van der Waals surface area contributed by atoms with Crippen molar-refractivity contribution in [3.05, 3.63) is 70.4 Å². The number of carbonyl (C=O) groups excluding carboxylic acids is 2. The minimum absolute atomic E-state index is 0.0302. The minimum atomic E-state index is -0.218. The van der Waals surface area contributed by atoms with Crippen LogP contribution in [0.5, 0.6) is 5.75 Å². The van der Waals surface area contributed by atoms with Gasteiger partial charge in [-0.1, -0.05) is 35.9 Å². The Balaban J connectivity index is 1.84. The fraction of sp³-hybridized carbons (Fsp3) is 0.273. The lowest BCUT2D eigenvalue weighted by Crippen LogP contribution is -2.40. The first kappa shape index (κ1) is 17.8. The molecule has 0 saturated heterocycles. The van der Waals surface area contributed by atoms with Crippen molar-refractivity contribution in [1.29, 1.82) is 0 Å². The van der Waals surface area contributed by atoms with E-state index in [9.17, 15) is 9.59 Å². The molecule has 4 nitrogen and oxygen atoms in total. The highest BCUT2D eigenvalue weighted by molar-refractivity contribution is 6.34. The van der Waals surface area contributed by atoms with Crippen LogP contribution in [0.4, 0.5) is 5.69 Å². The van der Waals surface area contributed by atoms with E-state index in [1.54, 1.807) is 18.1 Å². The van der Waals surface area contributed by atoms with Crippen LogP contribution >= 0.6 is 11.6 Å². The number of anilines is 1. The van der Waals surface area contributed by atoms with Crippen LogP contribution in [-0.4, -0.2) is 18.8 Å². The van der Waals surface area contributed by atoms with E-state index < -0.39 is 0 Å². The van der Waals surface area contributed by atoms with Crippen molar-refractivity contribution in [2.24, 2.45) is 0 Å². The summed E-state index contributed by atoms with van der Waals surface area (Å²) in [5.74, 6) is 0.631. The molecule has 2 aliphatic rings. The van der Waals surface area contributed by atoms with Gasteiger partial charge in [0.2, 0.25) is 5.91 Å². The molecule has 0 N–H and O–H groups in total. The maximum absolute atomic E-state index is 13.1. The van der Waals surface area contributed by atoms with E-state index in [1.165, 1.54) is 0 Å². The van der Waals surface area contributed by atoms with E-state index in [2.05, 4.69) is 0 Å².